The van der Waals surface area contributed by atoms with Crippen molar-refractivity contribution in [3.63, 3.8) is 0 Å². The van der Waals surface area contributed by atoms with Crippen LogP contribution in [0.1, 0.15) is 25.0 Å². The minimum atomic E-state index is -1.16. The van der Waals surface area contributed by atoms with E-state index in [4.69, 9.17) is 0 Å². The van der Waals surface area contributed by atoms with Gasteiger partial charge in [-0.25, -0.2) is 28.1 Å². The summed E-state index contributed by atoms with van der Waals surface area (Å²) in [6.45, 7) is 3.37. The van der Waals surface area contributed by atoms with Crippen LogP contribution >= 0.6 is 0 Å². The fourth-order valence-electron chi connectivity index (χ4n) is 2.77. The van der Waals surface area contributed by atoms with Crippen molar-refractivity contribution in [2.24, 2.45) is 0 Å². The first-order chi connectivity index (χ1) is 9.90. The molecule has 0 amide bonds. The van der Waals surface area contributed by atoms with E-state index in [1.807, 2.05) is 0 Å². The van der Waals surface area contributed by atoms with Crippen LogP contribution < -0.4 is 16.1 Å². The Morgan fingerprint density at radius 2 is 1.91 bits per heavy atom. The van der Waals surface area contributed by atoms with Gasteiger partial charge in [0, 0.05) is 18.5 Å². The first-order valence-electron chi connectivity index (χ1n) is 6.67. The fourth-order valence-corrected chi connectivity index (χ4v) is 2.77. The number of fused-ring (bicyclic) bond motifs is 1. The summed E-state index contributed by atoms with van der Waals surface area (Å²) in [4.78, 5) is 24.7. The molecule has 0 saturated heterocycles. The molecule has 2 aromatic rings. The number of alkyl halides is 1. The van der Waals surface area contributed by atoms with E-state index in [1.54, 1.807) is 19.9 Å². The summed E-state index contributed by atoms with van der Waals surface area (Å²) in [5.41, 5.74) is -0.0425. The number of nitrogens with zero attached hydrogens (tertiary/aromatic N) is 4. The second kappa shape index (κ2) is 5.43. The molecular formula is C14H19FN4O3. The first-order valence-corrected chi connectivity index (χ1v) is 6.67. The van der Waals surface area contributed by atoms with Crippen LogP contribution in [0.4, 0.5) is 4.39 Å². The lowest BCUT2D eigenvalue weighted by Gasteiger charge is -2.16. The topological polar surface area (TPSA) is 75.9 Å². The third-order valence-electron chi connectivity index (χ3n) is 3.68. The summed E-state index contributed by atoms with van der Waals surface area (Å²) in [5.74, 6) is -0.0274. The van der Waals surface area contributed by atoms with Crippen molar-refractivity contribution in [3.8, 4) is 5.82 Å². The van der Waals surface area contributed by atoms with Gasteiger partial charge < -0.3 is 5.21 Å². The Hall–Kier alpha value is -2.38. The predicted molar refractivity (Wildman–Crippen MR) is 79.0 cm³/mol. The molecule has 3 heterocycles. The molecule has 22 heavy (non-hydrogen) atoms. The molecule has 0 spiro atoms. The molecule has 0 radical (unpaired) electrons. The zero-order chi connectivity index (χ0) is 15.3. The summed E-state index contributed by atoms with van der Waals surface area (Å²) in [7, 11) is 0. The van der Waals surface area contributed by atoms with Gasteiger partial charge >= 0.3 is 17.2 Å². The molecule has 0 aliphatic carbocycles. The lowest BCUT2D eigenvalue weighted by atomic mass is 10.2. The van der Waals surface area contributed by atoms with E-state index in [2.05, 4.69) is 0 Å². The largest absolute Gasteiger partial charge is 0.711 e. The Morgan fingerprint density at radius 3 is 2.55 bits per heavy atom. The van der Waals surface area contributed by atoms with E-state index in [0.29, 0.717) is 10.3 Å². The van der Waals surface area contributed by atoms with Gasteiger partial charge in [-0.1, -0.05) is 12.0 Å². The Balaban J connectivity index is 0.00000176. The molecule has 1 aliphatic rings. The first kappa shape index (κ1) is 16.0. The predicted octanol–water partition coefficient (Wildman–Crippen LogP) is 0.429. The number of hydrogen-bond donors (Lipinski definition) is 0. The van der Waals surface area contributed by atoms with Gasteiger partial charge in [-0.15, -0.1) is 0 Å². The van der Waals surface area contributed by atoms with Crippen LogP contribution in [0.25, 0.3) is 5.82 Å². The van der Waals surface area contributed by atoms with Gasteiger partial charge in [0.25, 0.3) is 0 Å². The quantitative estimate of drug-likeness (QED) is 0.566. The molecular weight excluding hydrogens is 291 g/mol. The van der Waals surface area contributed by atoms with Gasteiger partial charge in [0.05, 0.1) is 12.7 Å². The third-order valence-corrected chi connectivity index (χ3v) is 3.68. The monoisotopic (exact) mass is 310 g/mol. The third kappa shape index (κ3) is 2.24. The summed E-state index contributed by atoms with van der Waals surface area (Å²) in [6.07, 6.45) is 0.331. The minimum Gasteiger partial charge on any atom is -0.711 e. The molecule has 1 atom stereocenters. The Kier molecular flexibility index (Phi) is 3.95. The van der Waals surface area contributed by atoms with Crippen molar-refractivity contribution in [2.45, 2.75) is 47.0 Å². The molecule has 0 aromatic carbocycles. The van der Waals surface area contributed by atoms with Gasteiger partial charge in [0.15, 0.2) is 0 Å². The number of aromatic nitrogens is 4. The Labute approximate surface area is 126 Å². The van der Waals surface area contributed by atoms with Gasteiger partial charge in [0.1, 0.15) is 6.17 Å². The van der Waals surface area contributed by atoms with Crippen molar-refractivity contribution in [2.75, 3.05) is 0 Å². The maximum absolute atomic E-state index is 13.4. The normalized spacial score (nSPS) is 17.0. The smallest absolute Gasteiger partial charge is 0.439 e. The molecule has 7 nitrogen and oxygen atoms in total. The van der Waals surface area contributed by atoms with Gasteiger partial charge in [0.2, 0.25) is 0 Å². The standard InChI is InChI=1S/C13H15FN4O3.CH4/c1-8-5-9(2)11(17(21)6-8)18-12(19)15-4-3-10(14)7-16(15)13(18)20;/h5-6,10H,3-4,7H2,1-2H3;1H4. The van der Waals surface area contributed by atoms with E-state index in [9.17, 15) is 19.2 Å². The molecule has 0 bridgehead atoms. The number of pyridine rings is 1. The van der Waals surface area contributed by atoms with Gasteiger partial charge in [-0.3, -0.25) is 0 Å². The molecule has 1 aliphatic heterocycles. The lowest BCUT2D eigenvalue weighted by Crippen LogP contribution is -2.41. The van der Waals surface area contributed by atoms with Crippen LogP contribution in [0.15, 0.2) is 21.9 Å². The van der Waals surface area contributed by atoms with Crippen molar-refractivity contribution >= 4 is 0 Å². The van der Waals surface area contributed by atoms with E-state index >= 15 is 0 Å². The van der Waals surface area contributed by atoms with Crippen LogP contribution in [0.2, 0.25) is 0 Å². The SMILES string of the molecule is C.Cc1cc(C)c(-n2c(=O)n3n(c2=O)CC(F)CC3)[n+]([O-])c1. The maximum atomic E-state index is 13.4. The highest BCUT2D eigenvalue weighted by Gasteiger charge is 2.30. The highest BCUT2D eigenvalue weighted by atomic mass is 19.1. The second-order valence-electron chi connectivity index (χ2n) is 5.34. The zero-order valence-electron chi connectivity index (χ0n) is 11.7. The summed E-state index contributed by atoms with van der Waals surface area (Å²) in [5, 5.41) is 12.1. The lowest BCUT2D eigenvalue weighted by molar-refractivity contribution is -0.600. The average molecular weight is 310 g/mol. The molecule has 0 fully saturated rings. The summed E-state index contributed by atoms with van der Waals surface area (Å²) < 4.78 is 17.0. The van der Waals surface area contributed by atoms with Crippen LogP contribution in [0.5, 0.6) is 0 Å². The van der Waals surface area contributed by atoms with Crippen molar-refractivity contribution in [3.05, 3.63) is 49.6 Å². The highest BCUT2D eigenvalue weighted by Crippen LogP contribution is 2.10. The van der Waals surface area contributed by atoms with Crippen LogP contribution in [0.3, 0.4) is 0 Å². The molecule has 1 unspecified atom stereocenters. The van der Waals surface area contributed by atoms with Crippen molar-refractivity contribution < 1.29 is 9.12 Å². The van der Waals surface area contributed by atoms with Crippen LogP contribution in [0, 0.1) is 19.1 Å². The molecule has 0 N–H and O–H groups in total. The molecule has 3 rings (SSSR count). The van der Waals surface area contributed by atoms with Crippen molar-refractivity contribution in [1.29, 1.82) is 0 Å². The molecule has 8 heteroatoms. The van der Waals surface area contributed by atoms with Crippen LogP contribution in [-0.4, -0.2) is 20.1 Å². The molecule has 2 aromatic heterocycles. The number of hydrogen-bond acceptors (Lipinski definition) is 3. The second-order valence-corrected chi connectivity index (χ2v) is 5.34. The molecule has 120 valence electrons. The van der Waals surface area contributed by atoms with Gasteiger partial charge in [-0.2, -0.15) is 0 Å². The highest BCUT2D eigenvalue weighted by molar-refractivity contribution is 5.30. The number of rotatable bonds is 1. The maximum Gasteiger partial charge on any atom is 0.439 e. The zero-order valence-corrected chi connectivity index (χ0v) is 11.7. The number of halogens is 1. The van der Waals surface area contributed by atoms with Crippen molar-refractivity contribution in [1.82, 2.24) is 13.9 Å². The Morgan fingerprint density at radius 1 is 1.27 bits per heavy atom. The number of aryl methyl sites for hydroxylation is 2. The van der Waals surface area contributed by atoms with E-state index < -0.39 is 17.6 Å². The minimum absolute atomic E-state index is 0. The molecule has 0 saturated carbocycles. The van der Waals surface area contributed by atoms with Crippen LogP contribution in [-0.2, 0) is 13.1 Å². The summed E-state index contributed by atoms with van der Waals surface area (Å²) in [6, 6.07) is 1.72. The van der Waals surface area contributed by atoms with Gasteiger partial charge in [-0.05, 0) is 25.5 Å². The van der Waals surface area contributed by atoms with E-state index in [0.717, 1.165) is 14.8 Å². The Bertz CT molecular complexity index is 811. The fraction of sp³-hybridized carbons (Fsp3) is 0.500. The van der Waals surface area contributed by atoms with E-state index in [1.165, 1.54) is 10.9 Å². The summed E-state index contributed by atoms with van der Waals surface area (Å²) >= 11 is 0. The average Bonchev–Trinajstić information content (AvgIpc) is 2.62. The van der Waals surface area contributed by atoms with E-state index in [-0.39, 0.29) is 32.8 Å².